The summed E-state index contributed by atoms with van der Waals surface area (Å²) >= 11 is 0. The lowest BCUT2D eigenvalue weighted by Crippen LogP contribution is -2.34. The van der Waals surface area contributed by atoms with Crippen LogP contribution in [-0.4, -0.2) is 48.8 Å². The molecule has 0 fully saturated rings. The van der Waals surface area contributed by atoms with Crippen LogP contribution in [0.15, 0.2) is 134 Å². The molecule has 0 saturated heterocycles. The van der Waals surface area contributed by atoms with Crippen molar-refractivity contribution in [2.24, 2.45) is 0 Å². The first-order chi connectivity index (χ1) is 21.4. The van der Waals surface area contributed by atoms with E-state index in [2.05, 4.69) is 6.58 Å². The molecule has 224 valence electrons. The number of benzene rings is 4. The number of hydrogen-bond donors (Lipinski definition) is 0. The molecule has 4 rings (SSSR count). The topological polar surface area (TPSA) is 105 Å². The maximum atomic E-state index is 13.1. The van der Waals surface area contributed by atoms with E-state index >= 15 is 0 Å². The molecule has 0 radical (unpaired) electrons. The van der Waals surface area contributed by atoms with E-state index in [9.17, 15) is 19.2 Å². The molecule has 3 atom stereocenters. The first-order valence-corrected chi connectivity index (χ1v) is 14.1. The molecule has 0 aliphatic rings. The third-order valence-electron chi connectivity index (χ3n) is 6.53. The van der Waals surface area contributed by atoms with E-state index in [0.717, 1.165) is 0 Å². The summed E-state index contributed by atoms with van der Waals surface area (Å²) in [4.78, 5) is 51.6. The molecule has 0 heterocycles. The van der Waals surface area contributed by atoms with Crippen molar-refractivity contribution in [1.29, 1.82) is 0 Å². The summed E-state index contributed by atoms with van der Waals surface area (Å²) in [5.41, 5.74) is 1.28. The summed E-state index contributed by atoms with van der Waals surface area (Å²) < 4.78 is 22.8. The van der Waals surface area contributed by atoms with Crippen LogP contribution in [0.3, 0.4) is 0 Å². The third kappa shape index (κ3) is 9.52. The minimum atomic E-state index is -1.01. The Hall–Kier alpha value is -5.50. The number of ether oxygens (including phenoxy) is 4. The number of carbonyl (C=O) groups is 4. The second-order valence-electron chi connectivity index (χ2n) is 9.77. The van der Waals surface area contributed by atoms with Gasteiger partial charge in [-0.05, 0) is 48.5 Å². The van der Waals surface area contributed by atoms with Crippen LogP contribution in [0, 0.1) is 0 Å². The number of carbonyl (C=O) groups excluding carboxylic acids is 4. The minimum Gasteiger partial charge on any atom is -0.458 e. The van der Waals surface area contributed by atoms with Crippen LogP contribution in [0.1, 0.15) is 54.3 Å². The van der Waals surface area contributed by atoms with Gasteiger partial charge in [-0.15, -0.1) is 0 Å². The fraction of sp³-hybridized carbons (Fsp3) is 0.167. The predicted octanol–water partition coefficient (Wildman–Crippen LogP) is 6.49. The average molecular weight is 593 g/mol. The van der Waals surface area contributed by atoms with E-state index < -0.39 is 42.2 Å². The second kappa shape index (κ2) is 16.2. The number of hydrogen-bond acceptors (Lipinski definition) is 8. The molecule has 0 spiro atoms. The Morgan fingerprint density at radius 2 is 0.864 bits per heavy atom. The lowest BCUT2D eigenvalue weighted by molar-refractivity contribution is -0.0307. The van der Waals surface area contributed by atoms with E-state index in [0.29, 0.717) is 22.3 Å². The smallest absolute Gasteiger partial charge is 0.338 e. The summed E-state index contributed by atoms with van der Waals surface area (Å²) in [6.45, 7) is 3.47. The number of rotatable bonds is 14. The lowest BCUT2D eigenvalue weighted by Gasteiger charge is -2.26. The molecule has 4 aromatic carbocycles. The highest BCUT2D eigenvalue weighted by atomic mass is 16.6. The molecule has 0 amide bonds. The molecule has 0 N–H and O–H groups in total. The van der Waals surface area contributed by atoms with E-state index in [1.54, 1.807) is 121 Å². The zero-order valence-corrected chi connectivity index (χ0v) is 24.0. The first kappa shape index (κ1) is 31.4. The van der Waals surface area contributed by atoms with E-state index in [1.165, 1.54) is 6.08 Å². The molecular weight excluding hydrogens is 560 g/mol. The monoisotopic (exact) mass is 592 g/mol. The molecule has 0 aliphatic heterocycles. The molecule has 8 nitrogen and oxygen atoms in total. The highest BCUT2D eigenvalue weighted by Crippen LogP contribution is 2.20. The fourth-order valence-electron chi connectivity index (χ4n) is 4.28. The molecule has 0 unspecified atom stereocenters. The average Bonchev–Trinajstić information content (AvgIpc) is 3.08. The Bertz CT molecular complexity index is 1520. The van der Waals surface area contributed by atoms with Gasteiger partial charge in [0.1, 0.15) is 24.9 Å². The maximum Gasteiger partial charge on any atom is 0.338 e. The van der Waals surface area contributed by atoms with E-state index in [4.69, 9.17) is 18.9 Å². The summed E-state index contributed by atoms with van der Waals surface area (Å²) in [5, 5.41) is 0. The van der Waals surface area contributed by atoms with Gasteiger partial charge < -0.3 is 18.9 Å². The molecule has 8 heteroatoms. The molecular formula is C36H32O8. The van der Waals surface area contributed by atoms with Gasteiger partial charge in [-0.2, -0.15) is 0 Å². The standard InChI is InChI=1S/C36H32O8/c1-2-30(42-34(38)27-17-9-4-10-18-27)23-31(43-35(39)28-19-11-5-12-20-28)24-32(44-36(40)29-21-13-6-14-22-29)25-41-33(37)26-15-7-3-8-16-26/h2-22,30-32H,1,23-25H2/t30-,31+,32-/m0/s1. The van der Waals surface area contributed by atoms with Crippen molar-refractivity contribution in [2.45, 2.75) is 31.2 Å². The Morgan fingerprint density at radius 1 is 0.500 bits per heavy atom. The van der Waals surface area contributed by atoms with Crippen LogP contribution in [0.2, 0.25) is 0 Å². The van der Waals surface area contributed by atoms with E-state index in [1.807, 2.05) is 0 Å². The van der Waals surface area contributed by atoms with E-state index in [-0.39, 0.29) is 19.4 Å². The van der Waals surface area contributed by atoms with Crippen LogP contribution in [-0.2, 0) is 18.9 Å². The molecule has 44 heavy (non-hydrogen) atoms. The molecule has 0 aliphatic carbocycles. The van der Waals surface area contributed by atoms with Crippen molar-refractivity contribution >= 4 is 23.9 Å². The van der Waals surface area contributed by atoms with Crippen LogP contribution in [0.25, 0.3) is 0 Å². The molecule has 4 aromatic rings. The Morgan fingerprint density at radius 3 is 1.27 bits per heavy atom. The lowest BCUT2D eigenvalue weighted by atomic mass is 10.0. The minimum absolute atomic E-state index is 0.00661. The molecule has 0 saturated carbocycles. The van der Waals surface area contributed by atoms with Gasteiger partial charge in [0, 0.05) is 12.8 Å². The van der Waals surface area contributed by atoms with Gasteiger partial charge in [0.25, 0.3) is 0 Å². The zero-order valence-electron chi connectivity index (χ0n) is 24.0. The normalized spacial score (nSPS) is 12.5. The van der Waals surface area contributed by atoms with Crippen molar-refractivity contribution in [2.75, 3.05) is 6.61 Å². The first-order valence-electron chi connectivity index (χ1n) is 14.1. The van der Waals surface area contributed by atoms with Crippen LogP contribution in [0.5, 0.6) is 0 Å². The van der Waals surface area contributed by atoms with Crippen LogP contribution in [0.4, 0.5) is 0 Å². The largest absolute Gasteiger partial charge is 0.458 e. The Labute approximate surface area is 255 Å². The Balaban J connectivity index is 1.55. The van der Waals surface area contributed by atoms with Crippen molar-refractivity contribution in [3.05, 3.63) is 156 Å². The zero-order chi connectivity index (χ0) is 31.1. The third-order valence-corrected chi connectivity index (χ3v) is 6.53. The van der Waals surface area contributed by atoms with Crippen LogP contribution >= 0.6 is 0 Å². The highest BCUT2D eigenvalue weighted by molar-refractivity contribution is 5.91. The van der Waals surface area contributed by atoms with Gasteiger partial charge in [0.15, 0.2) is 0 Å². The van der Waals surface area contributed by atoms with Crippen molar-refractivity contribution < 1.29 is 38.1 Å². The van der Waals surface area contributed by atoms with Gasteiger partial charge in [-0.25, -0.2) is 19.2 Å². The maximum absolute atomic E-state index is 13.1. The molecule has 0 bridgehead atoms. The van der Waals surface area contributed by atoms with Crippen molar-refractivity contribution in [1.82, 2.24) is 0 Å². The second-order valence-corrected chi connectivity index (χ2v) is 9.77. The predicted molar refractivity (Wildman–Crippen MR) is 163 cm³/mol. The summed E-state index contributed by atoms with van der Waals surface area (Å²) in [5.74, 6) is -2.45. The molecule has 0 aromatic heterocycles. The van der Waals surface area contributed by atoms with Gasteiger partial charge >= 0.3 is 23.9 Å². The van der Waals surface area contributed by atoms with Crippen molar-refractivity contribution in [3.8, 4) is 0 Å². The fourth-order valence-corrected chi connectivity index (χ4v) is 4.28. The quantitative estimate of drug-likeness (QED) is 0.0930. The summed E-state index contributed by atoms with van der Waals surface area (Å²) in [6, 6.07) is 33.6. The Kier molecular flexibility index (Phi) is 11.6. The summed E-state index contributed by atoms with van der Waals surface area (Å²) in [7, 11) is 0. The highest BCUT2D eigenvalue weighted by Gasteiger charge is 2.29. The SMILES string of the molecule is C=C[C@@H](C[C@H](C[C@@H](COC(=O)c1ccccc1)OC(=O)c1ccccc1)OC(=O)c1ccccc1)OC(=O)c1ccccc1. The van der Waals surface area contributed by atoms with Gasteiger partial charge in [0.2, 0.25) is 0 Å². The van der Waals surface area contributed by atoms with Gasteiger partial charge in [0.05, 0.1) is 22.3 Å². The van der Waals surface area contributed by atoms with Gasteiger partial charge in [-0.3, -0.25) is 0 Å². The number of esters is 4. The summed E-state index contributed by atoms with van der Waals surface area (Å²) in [6.07, 6.45) is -1.42. The van der Waals surface area contributed by atoms with Crippen molar-refractivity contribution in [3.63, 3.8) is 0 Å². The van der Waals surface area contributed by atoms with Gasteiger partial charge in [-0.1, -0.05) is 85.5 Å². The van der Waals surface area contributed by atoms with Crippen LogP contribution < -0.4 is 0 Å².